The van der Waals surface area contributed by atoms with Crippen LogP contribution in [0, 0.1) is 0 Å². The molecule has 5 rings (SSSR count). The number of fused-ring (bicyclic) bond motifs is 2. The molecular formula is C28H25N3O3. The maximum atomic E-state index is 12.0. The molecule has 0 spiro atoms. The molecule has 2 aromatic heterocycles. The molecule has 0 radical (unpaired) electrons. The highest BCUT2D eigenvalue weighted by Crippen LogP contribution is 2.34. The molecule has 0 aliphatic heterocycles. The number of anilines is 3. The molecule has 2 heterocycles. The smallest absolute Gasteiger partial charge is 0.412 e. The van der Waals surface area contributed by atoms with Gasteiger partial charge in [0.05, 0.1) is 0 Å². The Balaban J connectivity index is 1.38. The monoisotopic (exact) mass is 451 g/mol. The minimum Gasteiger partial charge on any atom is -0.456 e. The van der Waals surface area contributed by atoms with Crippen LogP contribution in [0.4, 0.5) is 21.9 Å². The van der Waals surface area contributed by atoms with Crippen molar-refractivity contribution in [2.75, 3.05) is 10.6 Å². The molecule has 0 atom stereocenters. The van der Waals surface area contributed by atoms with Gasteiger partial charge < -0.3 is 14.5 Å². The van der Waals surface area contributed by atoms with Crippen LogP contribution in [-0.4, -0.2) is 16.7 Å². The van der Waals surface area contributed by atoms with Gasteiger partial charge in [-0.25, -0.2) is 4.79 Å². The van der Waals surface area contributed by atoms with Gasteiger partial charge in [0.25, 0.3) is 0 Å². The number of carbonyl (C=O) groups excluding carboxylic acids is 1. The van der Waals surface area contributed by atoms with Gasteiger partial charge >= 0.3 is 6.09 Å². The number of furan rings is 1. The lowest BCUT2D eigenvalue weighted by Crippen LogP contribution is -2.27. The molecule has 0 aliphatic rings. The minimum atomic E-state index is -0.543. The van der Waals surface area contributed by atoms with Crippen LogP contribution in [0.15, 0.2) is 89.6 Å². The lowest BCUT2D eigenvalue weighted by molar-refractivity contribution is 0.0636. The van der Waals surface area contributed by atoms with Crippen LogP contribution in [-0.2, 0) is 4.74 Å². The van der Waals surface area contributed by atoms with E-state index < -0.39 is 11.7 Å². The van der Waals surface area contributed by atoms with Gasteiger partial charge in [0.2, 0.25) is 0 Å². The molecule has 5 aromatic rings. The van der Waals surface area contributed by atoms with Crippen LogP contribution in [0.5, 0.6) is 0 Å². The predicted molar refractivity (Wildman–Crippen MR) is 137 cm³/mol. The first-order valence-electron chi connectivity index (χ1n) is 11.1. The Morgan fingerprint density at radius 1 is 0.853 bits per heavy atom. The Morgan fingerprint density at radius 2 is 1.59 bits per heavy atom. The van der Waals surface area contributed by atoms with Gasteiger partial charge in [-0.2, -0.15) is 0 Å². The molecule has 170 valence electrons. The zero-order valence-electron chi connectivity index (χ0n) is 19.3. The summed E-state index contributed by atoms with van der Waals surface area (Å²) in [6, 6.07) is 23.6. The zero-order valence-corrected chi connectivity index (χ0v) is 19.3. The van der Waals surface area contributed by atoms with E-state index in [1.807, 2.05) is 99.9 Å². The fourth-order valence-corrected chi connectivity index (χ4v) is 3.78. The average molecular weight is 452 g/mol. The SMILES string of the molecule is CC(C)(C)OC(=O)Nc1ccc(Nc2ccc3cncc(-c4cc5ccccc5o4)c3c2)cc1. The highest BCUT2D eigenvalue weighted by atomic mass is 16.6. The van der Waals surface area contributed by atoms with Crippen LogP contribution in [0.2, 0.25) is 0 Å². The Labute approximate surface area is 197 Å². The summed E-state index contributed by atoms with van der Waals surface area (Å²) in [4.78, 5) is 16.4. The summed E-state index contributed by atoms with van der Waals surface area (Å²) in [5.41, 5.74) is 3.74. The van der Waals surface area contributed by atoms with E-state index in [2.05, 4.69) is 21.7 Å². The first-order valence-corrected chi connectivity index (χ1v) is 11.1. The summed E-state index contributed by atoms with van der Waals surface area (Å²) in [6.45, 7) is 5.50. The van der Waals surface area contributed by atoms with Crippen molar-refractivity contribution in [3.8, 4) is 11.3 Å². The van der Waals surface area contributed by atoms with Crippen molar-refractivity contribution >= 4 is 44.9 Å². The number of rotatable bonds is 4. The maximum absolute atomic E-state index is 12.0. The summed E-state index contributed by atoms with van der Waals surface area (Å²) in [5, 5.41) is 9.30. The maximum Gasteiger partial charge on any atom is 0.412 e. The van der Waals surface area contributed by atoms with Crippen LogP contribution in [0.3, 0.4) is 0 Å². The van der Waals surface area contributed by atoms with Gasteiger partial charge in [-0.1, -0.05) is 24.3 Å². The Hall–Kier alpha value is -4.32. The number of pyridine rings is 1. The number of hydrogen-bond acceptors (Lipinski definition) is 5. The van der Waals surface area contributed by atoms with E-state index in [1.165, 1.54) is 0 Å². The van der Waals surface area contributed by atoms with E-state index in [0.717, 1.165) is 44.4 Å². The quantitative estimate of drug-likeness (QED) is 0.292. The fourth-order valence-electron chi connectivity index (χ4n) is 3.78. The van der Waals surface area contributed by atoms with E-state index in [1.54, 1.807) is 0 Å². The summed E-state index contributed by atoms with van der Waals surface area (Å²) < 4.78 is 11.4. The number of ether oxygens (including phenoxy) is 1. The van der Waals surface area contributed by atoms with E-state index >= 15 is 0 Å². The molecule has 0 saturated carbocycles. The molecule has 34 heavy (non-hydrogen) atoms. The summed E-state index contributed by atoms with van der Waals surface area (Å²) >= 11 is 0. The van der Waals surface area contributed by atoms with Crippen LogP contribution in [0.25, 0.3) is 33.1 Å². The van der Waals surface area contributed by atoms with E-state index in [0.29, 0.717) is 5.69 Å². The topological polar surface area (TPSA) is 76.4 Å². The van der Waals surface area contributed by atoms with Crippen molar-refractivity contribution in [2.45, 2.75) is 26.4 Å². The second-order valence-corrected chi connectivity index (χ2v) is 9.10. The molecular weight excluding hydrogens is 426 g/mol. The van der Waals surface area contributed by atoms with Gasteiger partial charge in [-0.15, -0.1) is 0 Å². The number of hydrogen-bond donors (Lipinski definition) is 2. The van der Waals surface area contributed by atoms with Gasteiger partial charge in [0.15, 0.2) is 0 Å². The van der Waals surface area contributed by atoms with Crippen molar-refractivity contribution in [1.29, 1.82) is 0 Å². The van der Waals surface area contributed by atoms with Crippen molar-refractivity contribution in [1.82, 2.24) is 4.98 Å². The third kappa shape index (κ3) is 4.71. The molecule has 3 aromatic carbocycles. The van der Waals surface area contributed by atoms with Gasteiger partial charge in [-0.3, -0.25) is 10.3 Å². The highest BCUT2D eigenvalue weighted by molar-refractivity contribution is 5.98. The number of aromatic nitrogens is 1. The standard InChI is InChI=1S/C28H25N3O3/c1-28(2,3)34-27(32)31-21-12-10-20(11-13-21)30-22-9-8-19-16-29-17-24(23(19)15-22)26-14-18-6-4-5-7-25(18)33-26/h4-17,30H,1-3H3,(H,31,32). The number of amides is 1. The largest absolute Gasteiger partial charge is 0.456 e. The molecule has 6 nitrogen and oxygen atoms in total. The van der Waals surface area contributed by atoms with Crippen LogP contribution < -0.4 is 10.6 Å². The molecule has 0 saturated heterocycles. The van der Waals surface area contributed by atoms with Gasteiger partial charge in [0.1, 0.15) is 16.9 Å². The Morgan fingerprint density at radius 3 is 2.35 bits per heavy atom. The molecule has 0 bridgehead atoms. The minimum absolute atomic E-state index is 0.477. The predicted octanol–water partition coefficient (Wildman–Crippen LogP) is 7.74. The van der Waals surface area contributed by atoms with E-state index in [9.17, 15) is 4.79 Å². The zero-order chi connectivity index (χ0) is 23.7. The van der Waals surface area contributed by atoms with Gasteiger partial charge in [0, 0.05) is 45.8 Å². The molecule has 1 amide bonds. The summed E-state index contributed by atoms with van der Waals surface area (Å²) in [7, 11) is 0. The van der Waals surface area contributed by atoms with Crippen molar-refractivity contribution in [3.63, 3.8) is 0 Å². The summed E-state index contributed by atoms with van der Waals surface area (Å²) in [5.74, 6) is 0.786. The van der Waals surface area contributed by atoms with E-state index in [-0.39, 0.29) is 0 Å². The lowest BCUT2D eigenvalue weighted by atomic mass is 10.0. The number of benzene rings is 3. The van der Waals surface area contributed by atoms with Crippen LogP contribution in [0.1, 0.15) is 20.8 Å². The average Bonchev–Trinajstić information content (AvgIpc) is 3.23. The molecule has 0 aliphatic carbocycles. The molecule has 0 fully saturated rings. The lowest BCUT2D eigenvalue weighted by Gasteiger charge is -2.19. The second-order valence-electron chi connectivity index (χ2n) is 9.10. The highest BCUT2D eigenvalue weighted by Gasteiger charge is 2.16. The molecule has 6 heteroatoms. The third-order valence-electron chi connectivity index (χ3n) is 5.27. The summed E-state index contributed by atoms with van der Waals surface area (Å²) in [6.07, 6.45) is 3.21. The normalized spacial score (nSPS) is 11.5. The van der Waals surface area contributed by atoms with Crippen molar-refractivity contribution in [2.24, 2.45) is 0 Å². The molecule has 2 N–H and O–H groups in total. The third-order valence-corrected chi connectivity index (χ3v) is 5.27. The first-order chi connectivity index (χ1) is 16.3. The number of nitrogens with zero attached hydrogens (tertiary/aromatic N) is 1. The second kappa shape index (κ2) is 8.56. The Kier molecular flexibility index (Phi) is 5.42. The van der Waals surface area contributed by atoms with E-state index in [4.69, 9.17) is 9.15 Å². The van der Waals surface area contributed by atoms with Crippen molar-refractivity contribution < 1.29 is 13.9 Å². The van der Waals surface area contributed by atoms with Crippen molar-refractivity contribution in [3.05, 3.63) is 85.2 Å². The van der Waals surface area contributed by atoms with Crippen LogP contribution >= 0.6 is 0 Å². The first kappa shape index (κ1) is 21.5. The van der Waals surface area contributed by atoms with Gasteiger partial charge in [-0.05, 0) is 74.7 Å². The fraction of sp³-hybridized carbons (Fsp3) is 0.143. The molecule has 0 unspecified atom stereocenters. The Bertz CT molecular complexity index is 1450. The number of para-hydroxylation sites is 1. The number of carbonyl (C=O) groups is 1. The number of nitrogens with one attached hydrogen (secondary N) is 2.